The summed E-state index contributed by atoms with van der Waals surface area (Å²) in [7, 11) is 0. The molecule has 2 aromatic carbocycles. The molecule has 1 aliphatic rings. The second kappa shape index (κ2) is 11.0. The molecule has 2 amide bonds. The van der Waals surface area contributed by atoms with Crippen molar-refractivity contribution < 1.29 is 14.3 Å². The van der Waals surface area contributed by atoms with Crippen LogP contribution in [0.25, 0.3) is 0 Å². The van der Waals surface area contributed by atoms with Crippen LogP contribution in [-0.4, -0.2) is 46.2 Å². The van der Waals surface area contributed by atoms with Crippen LogP contribution in [0.15, 0.2) is 47.8 Å². The topological polar surface area (TPSA) is 62.7 Å². The lowest BCUT2D eigenvalue weighted by molar-refractivity contribution is -0.132. The van der Waals surface area contributed by atoms with Crippen molar-refractivity contribution in [1.82, 2.24) is 14.8 Å². The maximum atomic E-state index is 12.8. The van der Waals surface area contributed by atoms with E-state index in [1.807, 2.05) is 31.7 Å². The number of hydrogen-bond donors (Lipinski definition) is 0. The minimum Gasteiger partial charge on any atom is -0.486 e. The first-order valence-corrected chi connectivity index (χ1v) is 13.2. The molecule has 0 aliphatic carbocycles. The second-order valence-electron chi connectivity index (χ2n) is 8.76. The lowest BCUT2D eigenvalue weighted by Gasteiger charge is -2.38. The average molecular weight is 492 g/mol. The Bertz CT molecular complexity index is 1180. The van der Waals surface area contributed by atoms with Gasteiger partial charge in [-0.1, -0.05) is 42.8 Å². The fourth-order valence-corrected chi connectivity index (χ4v) is 5.24. The molecule has 2 heterocycles. The Balaban J connectivity index is 1.57. The molecule has 0 radical (unpaired) electrons. The number of thiazole rings is 1. The van der Waals surface area contributed by atoms with Gasteiger partial charge >= 0.3 is 0 Å². The quantitative estimate of drug-likeness (QED) is 0.423. The van der Waals surface area contributed by atoms with E-state index in [1.165, 1.54) is 22.5 Å². The summed E-state index contributed by atoms with van der Waals surface area (Å²) in [6.45, 7) is 10.2. The first-order valence-electron chi connectivity index (χ1n) is 12.3. The first kappa shape index (κ1) is 24.9. The molecule has 35 heavy (non-hydrogen) atoms. The minimum atomic E-state index is -0.131. The lowest BCUT2D eigenvalue weighted by Crippen LogP contribution is -2.40. The van der Waals surface area contributed by atoms with Crippen molar-refractivity contribution in [2.75, 3.05) is 19.6 Å². The Morgan fingerprint density at radius 1 is 1.11 bits per heavy atom. The molecule has 184 valence electrons. The van der Waals surface area contributed by atoms with Gasteiger partial charge in [-0.3, -0.25) is 9.59 Å². The van der Waals surface area contributed by atoms with Crippen molar-refractivity contribution in [3.05, 3.63) is 80.8 Å². The highest BCUT2D eigenvalue weighted by Gasteiger charge is 2.31. The number of aromatic nitrogens is 1. The summed E-state index contributed by atoms with van der Waals surface area (Å²) in [5.74, 6) is 0.840. The number of aryl methyl sites for hydroxylation is 1. The van der Waals surface area contributed by atoms with Gasteiger partial charge in [0.05, 0.1) is 6.04 Å². The van der Waals surface area contributed by atoms with E-state index in [-0.39, 0.29) is 17.9 Å². The van der Waals surface area contributed by atoms with Crippen molar-refractivity contribution >= 4 is 23.2 Å². The number of carbonyl (C=O) groups is 2. The van der Waals surface area contributed by atoms with Gasteiger partial charge in [0.2, 0.25) is 5.91 Å². The third-order valence-electron chi connectivity index (χ3n) is 6.55. The zero-order chi connectivity index (χ0) is 24.9. The van der Waals surface area contributed by atoms with Crippen LogP contribution in [-0.2, 0) is 17.8 Å². The van der Waals surface area contributed by atoms with E-state index in [1.54, 1.807) is 10.3 Å². The zero-order valence-corrected chi connectivity index (χ0v) is 21.7. The van der Waals surface area contributed by atoms with Gasteiger partial charge in [0.1, 0.15) is 23.1 Å². The van der Waals surface area contributed by atoms with Crippen LogP contribution < -0.4 is 4.74 Å². The Labute approximate surface area is 211 Å². The number of ether oxygens (including phenoxy) is 1. The molecular formula is C28H33N3O3S. The van der Waals surface area contributed by atoms with Crippen molar-refractivity contribution in [1.29, 1.82) is 0 Å². The normalized spacial score (nSPS) is 15.0. The number of benzene rings is 2. The van der Waals surface area contributed by atoms with E-state index in [0.29, 0.717) is 38.4 Å². The summed E-state index contributed by atoms with van der Waals surface area (Å²) in [6, 6.07) is 14.4. The van der Waals surface area contributed by atoms with Crippen LogP contribution in [0.4, 0.5) is 0 Å². The molecule has 0 saturated carbocycles. The molecule has 1 aliphatic heterocycles. The molecule has 0 saturated heterocycles. The van der Waals surface area contributed by atoms with Crippen molar-refractivity contribution in [3.63, 3.8) is 0 Å². The predicted octanol–water partition coefficient (Wildman–Crippen LogP) is 5.40. The van der Waals surface area contributed by atoms with Crippen LogP contribution >= 0.6 is 11.3 Å². The van der Waals surface area contributed by atoms with Gasteiger partial charge < -0.3 is 14.5 Å². The fourth-order valence-electron chi connectivity index (χ4n) is 4.56. The van der Waals surface area contributed by atoms with Crippen molar-refractivity contribution in [2.24, 2.45) is 0 Å². The predicted molar refractivity (Wildman–Crippen MR) is 139 cm³/mol. The van der Waals surface area contributed by atoms with Gasteiger partial charge in [0, 0.05) is 31.4 Å². The van der Waals surface area contributed by atoms with E-state index in [4.69, 9.17) is 4.74 Å². The number of carbonyl (C=O) groups excluding carboxylic acids is 2. The fraction of sp³-hybridized carbons (Fsp3) is 0.393. The van der Waals surface area contributed by atoms with Gasteiger partial charge in [-0.05, 0) is 56.0 Å². The number of rotatable bonds is 8. The summed E-state index contributed by atoms with van der Waals surface area (Å²) in [5.41, 5.74) is 5.11. The standard InChI is InChI=1S/C28H33N3O3S/c1-5-26(32)31-15-14-20-12-13-22(16-23(20)27(31)21-10-8-19(4)9-11-21)34-17-25-29-24(18-35-25)28(33)30(6-2)7-3/h8-13,16,18,27H,5-7,14-15,17H2,1-4H3/t27-/m0/s1. The van der Waals surface area contributed by atoms with Gasteiger partial charge in [-0.25, -0.2) is 4.98 Å². The van der Waals surface area contributed by atoms with Gasteiger partial charge in [0.15, 0.2) is 0 Å². The minimum absolute atomic E-state index is 0.0482. The summed E-state index contributed by atoms with van der Waals surface area (Å²) in [6.07, 6.45) is 1.31. The summed E-state index contributed by atoms with van der Waals surface area (Å²) in [5, 5.41) is 2.56. The highest BCUT2D eigenvalue weighted by atomic mass is 32.1. The molecule has 0 fully saturated rings. The monoisotopic (exact) mass is 491 g/mol. The number of fused-ring (bicyclic) bond motifs is 1. The highest BCUT2D eigenvalue weighted by Crippen LogP contribution is 2.37. The van der Waals surface area contributed by atoms with Crippen LogP contribution in [0.2, 0.25) is 0 Å². The van der Waals surface area contributed by atoms with Gasteiger partial charge in [0.25, 0.3) is 5.91 Å². The van der Waals surface area contributed by atoms with Crippen LogP contribution in [0.1, 0.15) is 71.0 Å². The molecule has 0 spiro atoms. The molecule has 3 aromatic rings. The van der Waals surface area contributed by atoms with Crippen LogP contribution in [0, 0.1) is 6.92 Å². The molecule has 1 aromatic heterocycles. The Morgan fingerprint density at radius 3 is 2.54 bits per heavy atom. The number of hydrogen-bond acceptors (Lipinski definition) is 5. The average Bonchev–Trinajstić information content (AvgIpc) is 3.36. The van der Waals surface area contributed by atoms with E-state index in [9.17, 15) is 9.59 Å². The molecule has 0 unspecified atom stereocenters. The smallest absolute Gasteiger partial charge is 0.273 e. The number of nitrogens with zero attached hydrogens (tertiary/aromatic N) is 3. The summed E-state index contributed by atoms with van der Waals surface area (Å²) >= 11 is 1.43. The van der Waals surface area contributed by atoms with Crippen molar-refractivity contribution in [3.8, 4) is 5.75 Å². The van der Waals surface area contributed by atoms with E-state index in [2.05, 4.69) is 48.3 Å². The van der Waals surface area contributed by atoms with E-state index in [0.717, 1.165) is 28.3 Å². The van der Waals surface area contributed by atoms with E-state index < -0.39 is 0 Å². The molecule has 6 nitrogen and oxygen atoms in total. The van der Waals surface area contributed by atoms with Gasteiger partial charge in [-0.15, -0.1) is 11.3 Å². The van der Waals surface area contributed by atoms with E-state index >= 15 is 0 Å². The largest absolute Gasteiger partial charge is 0.486 e. The molecular weight excluding hydrogens is 458 g/mol. The Hall–Kier alpha value is -3.19. The number of amides is 2. The van der Waals surface area contributed by atoms with Crippen molar-refractivity contribution in [2.45, 2.75) is 53.2 Å². The highest BCUT2D eigenvalue weighted by molar-refractivity contribution is 7.09. The first-order chi connectivity index (χ1) is 16.9. The van der Waals surface area contributed by atoms with Crippen LogP contribution in [0.5, 0.6) is 5.75 Å². The van der Waals surface area contributed by atoms with Gasteiger partial charge in [-0.2, -0.15) is 0 Å². The third-order valence-corrected chi connectivity index (χ3v) is 7.37. The SMILES string of the molecule is CCC(=O)N1CCc2ccc(OCc3nc(C(=O)N(CC)CC)cs3)cc2[C@@H]1c1ccc(C)cc1. The molecule has 0 N–H and O–H groups in total. The summed E-state index contributed by atoms with van der Waals surface area (Å²) in [4.78, 5) is 33.6. The maximum absolute atomic E-state index is 12.8. The van der Waals surface area contributed by atoms with Crippen LogP contribution in [0.3, 0.4) is 0 Å². The molecule has 4 rings (SSSR count). The Kier molecular flexibility index (Phi) is 7.86. The maximum Gasteiger partial charge on any atom is 0.273 e. The zero-order valence-electron chi connectivity index (χ0n) is 20.9. The molecule has 7 heteroatoms. The lowest BCUT2D eigenvalue weighted by atomic mass is 9.87. The second-order valence-corrected chi connectivity index (χ2v) is 9.70. The molecule has 0 bridgehead atoms. The third kappa shape index (κ3) is 5.40. The summed E-state index contributed by atoms with van der Waals surface area (Å²) < 4.78 is 6.11. The Morgan fingerprint density at radius 2 is 1.86 bits per heavy atom. The molecule has 1 atom stereocenters.